The lowest BCUT2D eigenvalue weighted by atomic mass is 10.2. The Bertz CT molecular complexity index is 1140. The molecule has 6 aromatic rings. The highest BCUT2D eigenvalue weighted by Gasteiger charge is 2.03. The van der Waals surface area contributed by atoms with Crippen LogP contribution in [-0.2, 0) is 0 Å². The van der Waals surface area contributed by atoms with Gasteiger partial charge < -0.3 is 9.97 Å². The van der Waals surface area contributed by atoms with Crippen LogP contribution in [-0.4, -0.2) is 19.9 Å². The van der Waals surface area contributed by atoms with Crippen LogP contribution in [0, 0.1) is 0 Å². The first-order valence-electron chi connectivity index (χ1n) is 8.53. The molecule has 0 fully saturated rings. The van der Waals surface area contributed by atoms with E-state index in [-0.39, 0.29) is 0 Å². The zero-order chi connectivity index (χ0) is 17.3. The van der Waals surface area contributed by atoms with Crippen molar-refractivity contribution in [3.8, 4) is 0 Å². The summed E-state index contributed by atoms with van der Waals surface area (Å²) in [4.78, 5) is 15.1. The van der Waals surface area contributed by atoms with Crippen LogP contribution in [0.25, 0.3) is 43.9 Å². The van der Waals surface area contributed by atoms with E-state index in [0.717, 1.165) is 22.1 Å². The molecule has 3 aromatic heterocycles. The molecule has 26 heavy (non-hydrogen) atoms. The number of nitrogens with zero attached hydrogens (tertiary/aromatic N) is 2. The van der Waals surface area contributed by atoms with Gasteiger partial charge in [-0.1, -0.05) is 54.6 Å². The molecule has 2 N–H and O–H groups in total. The predicted molar refractivity (Wildman–Crippen MR) is 107 cm³/mol. The fraction of sp³-hybridized carbons (Fsp3) is 0. The zero-order valence-electron chi connectivity index (χ0n) is 14.0. The number of hydrogen-bond donors (Lipinski definition) is 2. The molecule has 3 heterocycles. The van der Waals surface area contributed by atoms with E-state index in [1.807, 2.05) is 24.3 Å². The number of fused-ring (bicyclic) bond motifs is 6. The van der Waals surface area contributed by atoms with Crippen LogP contribution in [0.15, 0.2) is 85.2 Å². The van der Waals surface area contributed by atoms with E-state index in [9.17, 15) is 0 Å². The van der Waals surface area contributed by atoms with Crippen molar-refractivity contribution < 1.29 is 0 Å². The van der Waals surface area contributed by atoms with E-state index in [2.05, 4.69) is 68.5 Å². The minimum atomic E-state index is 0.851. The monoisotopic (exact) mass is 336 g/mol. The molecule has 0 bridgehead atoms. The maximum Gasteiger partial charge on any atom is 0.157 e. The van der Waals surface area contributed by atoms with Gasteiger partial charge in [0, 0.05) is 45.1 Å². The second kappa shape index (κ2) is 6.01. The van der Waals surface area contributed by atoms with Gasteiger partial charge in [0.05, 0.1) is 0 Å². The van der Waals surface area contributed by atoms with Gasteiger partial charge in [0.1, 0.15) is 5.52 Å². The highest BCUT2D eigenvalue weighted by molar-refractivity contribution is 6.07. The Hall–Kier alpha value is -3.66. The minimum absolute atomic E-state index is 0.851. The second-order valence-corrected chi connectivity index (χ2v) is 6.14. The first-order valence-corrected chi connectivity index (χ1v) is 8.53. The van der Waals surface area contributed by atoms with Crippen LogP contribution < -0.4 is 0 Å². The van der Waals surface area contributed by atoms with Crippen molar-refractivity contribution in [1.29, 1.82) is 0 Å². The van der Waals surface area contributed by atoms with Crippen LogP contribution in [0.5, 0.6) is 0 Å². The van der Waals surface area contributed by atoms with Crippen molar-refractivity contribution in [2.24, 2.45) is 0 Å². The summed E-state index contributed by atoms with van der Waals surface area (Å²) in [7, 11) is 0. The fourth-order valence-corrected chi connectivity index (χ4v) is 3.35. The summed E-state index contributed by atoms with van der Waals surface area (Å²) in [5.74, 6) is 0. The van der Waals surface area contributed by atoms with Crippen LogP contribution in [0.4, 0.5) is 0 Å². The summed E-state index contributed by atoms with van der Waals surface area (Å²) in [6.45, 7) is 0. The molecule has 0 saturated carbocycles. The van der Waals surface area contributed by atoms with Crippen molar-refractivity contribution in [1.82, 2.24) is 19.9 Å². The summed E-state index contributed by atoms with van der Waals surface area (Å²) >= 11 is 0. The summed E-state index contributed by atoms with van der Waals surface area (Å²) in [5, 5.41) is 3.74. The quantitative estimate of drug-likeness (QED) is 0.388. The van der Waals surface area contributed by atoms with Gasteiger partial charge in [-0.25, -0.2) is 4.98 Å². The molecule has 0 spiro atoms. The molecule has 0 aliphatic carbocycles. The number of rotatable bonds is 0. The number of benzene rings is 3. The number of hydrogen-bond acceptors (Lipinski definition) is 2. The lowest BCUT2D eigenvalue weighted by molar-refractivity contribution is 1.27. The average molecular weight is 336 g/mol. The lowest BCUT2D eigenvalue weighted by Crippen LogP contribution is -1.76. The van der Waals surface area contributed by atoms with Gasteiger partial charge in [0.2, 0.25) is 0 Å². The minimum Gasteiger partial charge on any atom is -0.355 e. The highest BCUT2D eigenvalue weighted by Crippen LogP contribution is 2.24. The molecule has 4 nitrogen and oxygen atoms in total. The van der Waals surface area contributed by atoms with Crippen molar-refractivity contribution in [2.45, 2.75) is 0 Å². The van der Waals surface area contributed by atoms with Gasteiger partial charge in [-0.3, -0.25) is 4.98 Å². The zero-order valence-corrected chi connectivity index (χ0v) is 14.0. The van der Waals surface area contributed by atoms with E-state index in [4.69, 9.17) is 0 Å². The third kappa shape index (κ3) is 2.40. The fourth-order valence-electron chi connectivity index (χ4n) is 3.35. The van der Waals surface area contributed by atoms with E-state index < -0.39 is 0 Å². The SMILES string of the molecule is c1ccc2c(c1)[nH]c1ccccc12.c1ccc2c(c1)[nH]c1nccnc12. The lowest BCUT2D eigenvalue weighted by Gasteiger charge is -1.87. The highest BCUT2D eigenvalue weighted by atomic mass is 14.9. The van der Waals surface area contributed by atoms with Crippen LogP contribution in [0.3, 0.4) is 0 Å². The van der Waals surface area contributed by atoms with Gasteiger partial charge >= 0.3 is 0 Å². The second-order valence-electron chi connectivity index (χ2n) is 6.14. The smallest absolute Gasteiger partial charge is 0.157 e. The third-order valence-corrected chi connectivity index (χ3v) is 4.55. The first-order chi connectivity index (χ1) is 12.9. The van der Waals surface area contributed by atoms with Gasteiger partial charge in [0.15, 0.2) is 5.65 Å². The molecule has 0 aliphatic rings. The van der Waals surface area contributed by atoms with Crippen LogP contribution >= 0.6 is 0 Å². The number of H-pyrrole nitrogens is 2. The molecule has 4 heteroatoms. The Labute approximate surface area is 149 Å². The largest absolute Gasteiger partial charge is 0.355 e. The maximum atomic E-state index is 4.28. The molecule has 0 amide bonds. The van der Waals surface area contributed by atoms with E-state index in [1.165, 1.54) is 21.8 Å². The summed E-state index contributed by atoms with van der Waals surface area (Å²) < 4.78 is 0. The van der Waals surface area contributed by atoms with Gasteiger partial charge in [0.25, 0.3) is 0 Å². The van der Waals surface area contributed by atoms with Gasteiger partial charge in [-0.15, -0.1) is 0 Å². The van der Waals surface area contributed by atoms with Gasteiger partial charge in [-0.05, 0) is 18.2 Å². The summed E-state index contributed by atoms with van der Waals surface area (Å²) in [5.41, 5.74) is 5.30. The Morgan fingerprint density at radius 3 is 1.65 bits per heavy atom. The molecule has 124 valence electrons. The molecule has 0 aliphatic heterocycles. The maximum absolute atomic E-state index is 4.28. The molecule has 3 aromatic carbocycles. The van der Waals surface area contributed by atoms with Crippen molar-refractivity contribution in [2.75, 3.05) is 0 Å². The first kappa shape index (κ1) is 14.7. The van der Waals surface area contributed by atoms with Crippen LogP contribution in [0.1, 0.15) is 0 Å². The van der Waals surface area contributed by atoms with Crippen molar-refractivity contribution in [3.63, 3.8) is 0 Å². The Balaban J connectivity index is 0.000000115. The predicted octanol–water partition coefficient (Wildman–Crippen LogP) is 5.43. The normalized spacial score (nSPS) is 11.1. The van der Waals surface area contributed by atoms with E-state index in [0.29, 0.717) is 0 Å². The standard InChI is InChI=1S/C12H9N.C10H7N3/c1-3-7-11-9(5-1)10-6-2-4-8-12(10)13-11;1-2-4-8-7(3-1)9-10(13-8)12-6-5-11-9/h1-8,13H;1-6H,(H,12,13). The van der Waals surface area contributed by atoms with E-state index >= 15 is 0 Å². The molecular weight excluding hydrogens is 320 g/mol. The van der Waals surface area contributed by atoms with E-state index in [1.54, 1.807) is 12.4 Å². The van der Waals surface area contributed by atoms with Crippen molar-refractivity contribution in [3.05, 3.63) is 85.2 Å². The molecule has 0 radical (unpaired) electrons. The molecule has 6 rings (SSSR count). The topological polar surface area (TPSA) is 57.4 Å². The van der Waals surface area contributed by atoms with Crippen LogP contribution in [0.2, 0.25) is 0 Å². The summed E-state index contributed by atoms with van der Waals surface area (Å²) in [6, 6.07) is 24.8. The average Bonchev–Trinajstić information content (AvgIpc) is 3.27. The third-order valence-electron chi connectivity index (χ3n) is 4.55. The number of para-hydroxylation sites is 3. The summed E-state index contributed by atoms with van der Waals surface area (Å²) in [6.07, 6.45) is 3.40. The number of aromatic amines is 2. The Morgan fingerprint density at radius 2 is 1.00 bits per heavy atom. The Kier molecular flexibility index (Phi) is 3.39. The Morgan fingerprint density at radius 1 is 0.500 bits per heavy atom. The molecule has 0 unspecified atom stereocenters. The number of nitrogens with one attached hydrogen (secondary N) is 2. The van der Waals surface area contributed by atoms with Gasteiger partial charge in [-0.2, -0.15) is 0 Å². The molecular formula is C22H16N4. The number of aromatic nitrogens is 4. The molecule has 0 atom stereocenters. The van der Waals surface area contributed by atoms with Crippen molar-refractivity contribution >= 4 is 43.9 Å². The molecule has 0 saturated heterocycles.